The Labute approximate surface area is 129 Å². The SMILES string of the molecule is CCc1ccc(NC(=O)[C@H](C)OC(=O)C2=COCCO2)cc1. The highest BCUT2D eigenvalue weighted by molar-refractivity contribution is 5.96. The first-order valence-electron chi connectivity index (χ1n) is 7.15. The van der Waals surface area contributed by atoms with Crippen LogP contribution in [0.25, 0.3) is 0 Å². The van der Waals surface area contributed by atoms with Gasteiger partial charge in [0.2, 0.25) is 5.76 Å². The molecule has 6 nitrogen and oxygen atoms in total. The van der Waals surface area contributed by atoms with Crippen molar-refractivity contribution in [2.45, 2.75) is 26.4 Å². The molecule has 2 rings (SSSR count). The molecule has 1 amide bonds. The van der Waals surface area contributed by atoms with Crippen LogP contribution in [0.5, 0.6) is 0 Å². The highest BCUT2D eigenvalue weighted by Crippen LogP contribution is 2.12. The molecule has 1 aromatic rings. The number of ether oxygens (including phenoxy) is 3. The Bertz CT molecular complexity index is 564. The van der Waals surface area contributed by atoms with E-state index >= 15 is 0 Å². The van der Waals surface area contributed by atoms with Crippen molar-refractivity contribution in [3.05, 3.63) is 41.9 Å². The minimum Gasteiger partial charge on any atom is -0.493 e. The number of aryl methyl sites for hydroxylation is 1. The summed E-state index contributed by atoms with van der Waals surface area (Å²) in [7, 11) is 0. The monoisotopic (exact) mass is 305 g/mol. The number of carbonyl (C=O) groups is 2. The van der Waals surface area contributed by atoms with E-state index in [4.69, 9.17) is 14.2 Å². The summed E-state index contributed by atoms with van der Waals surface area (Å²) in [6.45, 7) is 4.23. The van der Waals surface area contributed by atoms with Crippen LogP contribution in [-0.2, 0) is 30.2 Å². The van der Waals surface area contributed by atoms with Crippen LogP contribution >= 0.6 is 0 Å². The number of benzene rings is 1. The van der Waals surface area contributed by atoms with Gasteiger partial charge in [-0.1, -0.05) is 19.1 Å². The molecular weight excluding hydrogens is 286 g/mol. The van der Waals surface area contributed by atoms with Crippen molar-refractivity contribution in [2.24, 2.45) is 0 Å². The third-order valence-corrected chi connectivity index (χ3v) is 3.13. The average Bonchev–Trinajstić information content (AvgIpc) is 2.56. The first kappa shape index (κ1) is 15.9. The predicted octanol–water partition coefficient (Wildman–Crippen LogP) is 2.01. The lowest BCUT2D eigenvalue weighted by atomic mass is 10.1. The highest BCUT2D eigenvalue weighted by Gasteiger charge is 2.23. The highest BCUT2D eigenvalue weighted by atomic mass is 16.6. The van der Waals surface area contributed by atoms with Crippen LogP contribution in [0, 0.1) is 0 Å². The first-order chi connectivity index (χ1) is 10.6. The van der Waals surface area contributed by atoms with Gasteiger partial charge in [0.1, 0.15) is 19.5 Å². The van der Waals surface area contributed by atoms with Gasteiger partial charge in [0.15, 0.2) is 6.10 Å². The average molecular weight is 305 g/mol. The molecule has 1 aliphatic rings. The lowest BCUT2D eigenvalue weighted by Gasteiger charge is -2.17. The van der Waals surface area contributed by atoms with Crippen molar-refractivity contribution < 1.29 is 23.8 Å². The van der Waals surface area contributed by atoms with Crippen molar-refractivity contribution in [2.75, 3.05) is 18.5 Å². The van der Waals surface area contributed by atoms with Gasteiger partial charge in [-0.15, -0.1) is 0 Å². The number of nitrogens with one attached hydrogen (secondary N) is 1. The second kappa shape index (κ2) is 7.49. The second-order valence-corrected chi connectivity index (χ2v) is 4.79. The lowest BCUT2D eigenvalue weighted by molar-refractivity contribution is -0.153. The van der Waals surface area contributed by atoms with E-state index in [2.05, 4.69) is 12.2 Å². The number of hydrogen-bond acceptors (Lipinski definition) is 5. The zero-order valence-corrected chi connectivity index (χ0v) is 12.6. The molecule has 0 radical (unpaired) electrons. The quantitative estimate of drug-likeness (QED) is 0.842. The van der Waals surface area contributed by atoms with E-state index in [1.54, 1.807) is 0 Å². The van der Waals surface area contributed by atoms with Crippen LogP contribution in [0.4, 0.5) is 5.69 Å². The fourth-order valence-corrected chi connectivity index (χ4v) is 1.82. The van der Waals surface area contributed by atoms with Crippen LogP contribution in [0.1, 0.15) is 19.4 Å². The van der Waals surface area contributed by atoms with E-state index in [9.17, 15) is 9.59 Å². The van der Waals surface area contributed by atoms with E-state index in [1.807, 2.05) is 24.3 Å². The Kier molecular flexibility index (Phi) is 5.41. The Hall–Kier alpha value is -2.50. The molecule has 1 aromatic carbocycles. The summed E-state index contributed by atoms with van der Waals surface area (Å²) in [5.74, 6) is -1.16. The molecule has 0 saturated heterocycles. The summed E-state index contributed by atoms with van der Waals surface area (Å²) in [5.41, 5.74) is 1.83. The molecule has 1 aliphatic heterocycles. The van der Waals surface area contributed by atoms with E-state index in [1.165, 1.54) is 18.7 Å². The van der Waals surface area contributed by atoms with Gasteiger partial charge in [-0.25, -0.2) is 4.79 Å². The van der Waals surface area contributed by atoms with E-state index in [0.29, 0.717) is 12.3 Å². The third-order valence-electron chi connectivity index (χ3n) is 3.13. The van der Waals surface area contributed by atoms with Gasteiger partial charge in [-0.05, 0) is 31.0 Å². The number of amides is 1. The molecule has 1 atom stereocenters. The molecule has 0 spiro atoms. The van der Waals surface area contributed by atoms with Gasteiger partial charge in [0.05, 0.1) is 0 Å². The van der Waals surface area contributed by atoms with Crippen LogP contribution in [0.15, 0.2) is 36.3 Å². The molecule has 0 bridgehead atoms. The van der Waals surface area contributed by atoms with Crippen molar-refractivity contribution in [3.8, 4) is 0 Å². The van der Waals surface area contributed by atoms with Crippen molar-refractivity contribution in [3.63, 3.8) is 0 Å². The van der Waals surface area contributed by atoms with E-state index in [0.717, 1.165) is 6.42 Å². The van der Waals surface area contributed by atoms with Crippen molar-refractivity contribution >= 4 is 17.6 Å². The minimum absolute atomic E-state index is 0.0294. The molecule has 0 fully saturated rings. The number of anilines is 1. The van der Waals surface area contributed by atoms with Crippen LogP contribution in [-0.4, -0.2) is 31.2 Å². The van der Waals surface area contributed by atoms with Gasteiger partial charge >= 0.3 is 5.97 Å². The standard InChI is InChI=1S/C16H19NO5/c1-3-12-4-6-13(7-5-12)17-15(18)11(2)22-16(19)14-10-20-8-9-21-14/h4-7,10-11H,3,8-9H2,1-2H3,(H,17,18)/t11-/m0/s1. The largest absolute Gasteiger partial charge is 0.493 e. The summed E-state index contributed by atoms with van der Waals surface area (Å²) in [6.07, 6.45) is 1.18. The lowest BCUT2D eigenvalue weighted by Crippen LogP contribution is -2.31. The Morgan fingerprint density at radius 2 is 2.00 bits per heavy atom. The van der Waals surface area contributed by atoms with Crippen LogP contribution in [0.2, 0.25) is 0 Å². The first-order valence-corrected chi connectivity index (χ1v) is 7.15. The summed E-state index contributed by atoms with van der Waals surface area (Å²) < 4.78 is 15.1. The molecule has 0 aromatic heterocycles. The normalized spacial score (nSPS) is 14.9. The Balaban J connectivity index is 1.88. The molecule has 0 saturated carbocycles. The fourth-order valence-electron chi connectivity index (χ4n) is 1.82. The van der Waals surface area contributed by atoms with E-state index in [-0.39, 0.29) is 12.4 Å². The van der Waals surface area contributed by atoms with Crippen LogP contribution in [0.3, 0.4) is 0 Å². The zero-order chi connectivity index (χ0) is 15.9. The van der Waals surface area contributed by atoms with Gasteiger partial charge < -0.3 is 19.5 Å². The summed E-state index contributed by atoms with van der Waals surface area (Å²) in [6, 6.07) is 7.49. The van der Waals surface area contributed by atoms with Gasteiger partial charge in [-0.3, -0.25) is 4.79 Å². The molecule has 1 heterocycles. The number of esters is 1. The minimum atomic E-state index is -0.940. The molecule has 22 heavy (non-hydrogen) atoms. The third kappa shape index (κ3) is 4.25. The zero-order valence-electron chi connectivity index (χ0n) is 12.6. The molecule has 118 valence electrons. The Morgan fingerprint density at radius 1 is 1.27 bits per heavy atom. The molecule has 0 unspecified atom stereocenters. The van der Waals surface area contributed by atoms with E-state index < -0.39 is 18.0 Å². The molecular formula is C16H19NO5. The number of hydrogen-bond donors (Lipinski definition) is 1. The fraction of sp³-hybridized carbons (Fsp3) is 0.375. The van der Waals surface area contributed by atoms with Crippen LogP contribution < -0.4 is 5.32 Å². The molecule has 0 aliphatic carbocycles. The maximum absolute atomic E-state index is 12.0. The van der Waals surface area contributed by atoms with Crippen molar-refractivity contribution in [1.29, 1.82) is 0 Å². The summed E-state index contributed by atoms with van der Waals surface area (Å²) >= 11 is 0. The van der Waals surface area contributed by atoms with Crippen molar-refractivity contribution in [1.82, 2.24) is 0 Å². The molecule has 6 heteroatoms. The molecule has 1 N–H and O–H groups in total. The van der Waals surface area contributed by atoms with Gasteiger partial charge in [-0.2, -0.15) is 0 Å². The van der Waals surface area contributed by atoms with Gasteiger partial charge in [0.25, 0.3) is 5.91 Å². The predicted molar refractivity (Wildman–Crippen MR) is 80.0 cm³/mol. The Morgan fingerprint density at radius 3 is 2.59 bits per heavy atom. The van der Waals surface area contributed by atoms with Gasteiger partial charge in [0, 0.05) is 5.69 Å². The smallest absolute Gasteiger partial charge is 0.377 e. The number of carbonyl (C=O) groups excluding carboxylic acids is 2. The topological polar surface area (TPSA) is 73.9 Å². The maximum atomic E-state index is 12.0. The summed E-state index contributed by atoms with van der Waals surface area (Å²) in [5, 5.41) is 2.69. The maximum Gasteiger partial charge on any atom is 0.377 e. The second-order valence-electron chi connectivity index (χ2n) is 4.79. The number of rotatable bonds is 5. The summed E-state index contributed by atoms with van der Waals surface area (Å²) in [4.78, 5) is 23.8.